The maximum absolute atomic E-state index is 13.6. The second-order valence-corrected chi connectivity index (χ2v) is 12.4. The van der Waals surface area contributed by atoms with Crippen molar-refractivity contribution < 1.29 is 19.0 Å². The summed E-state index contributed by atoms with van der Waals surface area (Å²) in [5.41, 5.74) is 3.90. The normalized spacial score (nSPS) is 17.4. The van der Waals surface area contributed by atoms with E-state index in [9.17, 15) is 19.0 Å². The Kier molecular flexibility index (Phi) is 10.1. The standard InChI is InChI=1S/C28H38N4O4S2/c1-2-30-24-15-23(16-25(17-24)32-11-6-7-13-38(32,35)36)28(34)31-26(14-21-8-4-3-5-9-21)27(33)19-29-18-22-10-12-37-20-22/h3-5,8-10,12,15-17,20,26-27,29-30,33,35-36H,2,6-7,11,13-14,18-19H2,1H3,(H,31,34)/t26-,27-/m0/s1. The van der Waals surface area contributed by atoms with Crippen LogP contribution in [-0.2, 0) is 13.0 Å². The fraction of sp³-hybridized carbons (Fsp3) is 0.393. The summed E-state index contributed by atoms with van der Waals surface area (Å²) in [4.78, 5) is 13.6. The number of benzene rings is 2. The summed E-state index contributed by atoms with van der Waals surface area (Å²) in [6.07, 6.45) is 1.27. The molecule has 0 saturated carbocycles. The number of rotatable bonds is 12. The van der Waals surface area contributed by atoms with Crippen LogP contribution in [0.25, 0.3) is 0 Å². The van der Waals surface area contributed by atoms with Crippen molar-refractivity contribution in [2.24, 2.45) is 0 Å². The van der Waals surface area contributed by atoms with Crippen LogP contribution in [0.2, 0.25) is 0 Å². The molecule has 6 N–H and O–H groups in total. The van der Waals surface area contributed by atoms with Crippen LogP contribution in [-0.4, -0.2) is 57.7 Å². The van der Waals surface area contributed by atoms with E-state index in [0.29, 0.717) is 49.6 Å². The molecule has 10 heteroatoms. The molecule has 0 radical (unpaired) electrons. The van der Waals surface area contributed by atoms with Crippen molar-refractivity contribution in [3.8, 4) is 0 Å². The van der Waals surface area contributed by atoms with Gasteiger partial charge < -0.3 is 21.1 Å². The highest BCUT2D eigenvalue weighted by Gasteiger charge is 2.28. The molecule has 206 valence electrons. The Labute approximate surface area is 230 Å². The predicted molar refractivity (Wildman–Crippen MR) is 158 cm³/mol. The first-order chi connectivity index (χ1) is 18.4. The molecule has 1 aromatic heterocycles. The Bertz CT molecular complexity index is 1160. The van der Waals surface area contributed by atoms with Crippen LogP contribution < -0.4 is 20.3 Å². The van der Waals surface area contributed by atoms with Crippen molar-refractivity contribution >= 4 is 39.4 Å². The SMILES string of the molecule is CCNc1cc(C(=O)N[C@@H](Cc2ccccc2)[C@@H](O)CNCc2ccsc2)cc(N2CCCCS2(O)O)c1. The van der Waals surface area contributed by atoms with Gasteiger partial charge in [-0.1, -0.05) is 30.3 Å². The zero-order chi connectivity index (χ0) is 27.0. The van der Waals surface area contributed by atoms with Crippen molar-refractivity contribution in [2.75, 3.05) is 35.0 Å². The lowest BCUT2D eigenvalue weighted by Gasteiger charge is -2.47. The van der Waals surface area contributed by atoms with E-state index in [1.807, 2.05) is 54.8 Å². The van der Waals surface area contributed by atoms with Gasteiger partial charge in [-0.15, -0.1) is 10.8 Å². The monoisotopic (exact) mass is 558 g/mol. The molecule has 1 aliphatic heterocycles. The molecular weight excluding hydrogens is 520 g/mol. The van der Waals surface area contributed by atoms with Gasteiger partial charge in [-0.05, 0) is 72.3 Å². The molecule has 0 aliphatic carbocycles. The third-order valence-electron chi connectivity index (χ3n) is 6.57. The van der Waals surface area contributed by atoms with Crippen molar-refractivity contribution in [3.05, 3.63) is 82.0 Å². The number of aliphatic hydroxyl groups excluding tert-OH is 1. The van der Waals surface area contributed by atoms with E-state index in [1.54, 1.807) is 27.8 Å². The summed E-state index contributed by atoms with van der Waals surface area (Å²) in [5, 5.41) is 24.8. The van der Waals surface area contributed by atoms with Gasteiger partial charge in [0.2, 0.25) is 0 Å². The predicted octanol–water partition coefficient (Wildman–Crippen LogP) is 4.94. The molecule has 1 saturated heterocycles. The van der Waals surface area contributed by atoms with Crippen LogP contribution in [0, 0.1) is 0 Å². The Morgan fingerprint density at radius 2 is 1.92 bits per heavy atom. The van der Waals surface area contributed by atoms with Gasteiger partial charge in [0.1, 0.15) is 0 Å². The van der Waals surface area contributed by atoms with Gasteiger partial charge in [0, 0.05) is 37.4 Å². The van der Waals surface area contributed by atoms with E-state index >= 15 is 0 Å². The summed E-state index contributed by atoms with van der Waals surface area (Å²) in [6.45, 7) is 4.11. The Hall–Kier alpha value is -2.60. The lowest BCUT2D eigenvalue weighted by Crippen LogP contribution is -2.48. The van der Waals surface area contributed by atoms with E-state index in [2.05, 4.69) is 21.3 Å². The number of carbonyl (C=O) groups is 1. The number of carbonyl (C=O) groups excluding carboxylic acids is 1. The molecule has 2 heterocycles. The highest BCUT2D eigenvalue weighted by Crippen LogP contribution is 2.50. The first kappa shape index (κ1) is 28.4. The van der Waals surface area contributed by atoms with Crippen LogP contribution in [0.3, 0.4) is 0 Å². The van der Waals surface area contributed by atoms with E-state index in [-0.39, 0.29) is 5.91 Å². The fourth-order valence-corrected chi connectivity index (χ4v) is 6.95. The van der Waals surface area contributed by atoms with E-state index < -0.39 is 22.9 Å². The first-order valence-corrected chi connectivity index (χ1v) is 15.6. The smallest absolute Gasteiger partial charge is 0.251 e. The number of hydrogen-bond acceptors (Lipinski definition) is 8. The van der Waals surface area contributed by atoms with Gasteiger partial charge in [-0.25, -0.2) is 0 Å². The number of thiophene rings is 1. The van der Waals surface area contributed by atoms with Crippen molar-refractivity contribution in [2.45, 2.75) is 44.9 Å². The van der Waals surface area contributed by atoms with Crippen molar-refractivity contribution in [3.63, 3.8) is 0 Å². The summed E-state index contributed by atoms with van der Waals surface area (Å²) >= 11 is 1.63. The average molecular weight is 559 g/mol. The Morgan fingerprint density at radius 3 is 2.63 bits per heavy atom. The lowest BCUT2D eigenvalue weighted by atomic mass is 10.00. The summed E-state index contributed by atoms with van der Waals surface area (Å²) in [7, 11) is -2.93. The average Bonchev–Trinajstić information content (AvgIpc) is 3.42. The van der Waals surface area contributed by atoms with E-state index in [0.717, 1.165) is 29.7 Å². The molecule has 38 heavy (non-hydrogen) atoms. The topological polar surface area (TPSA) is 117 Å². The van der Waals surface area contributed by atoms with Gasteiger partial charge in [0.05, 0.1) is 23.6 Å². The minimum absolute atomic E-state index is 0.322. The number of aliphatic hydroxyl groups is 1. The molecule has 0 spiro atoms. The van der Waals surface area contributed by atoms with E-state index in [4.69, 9.17) is 0 Å². The maximum atomic E-state index is 13.6. The van der Waals surface area contributed by atoms with Crippen LogP contribution in [0.1, 0.15) is 41.3 Å². The minimum Gasteiger partial charge on any atom is -0.390 e. The van der Waals surface area contributed by atoms with Gasteiger partial charge >= 0.3 is 0 Å². The highest BCUT2D eigenvalue weighted by molar-refractivity contribution is 8.25. The van der Waals surface area contributed by atoms with Crippen LogP contribution in [0.15, 0.2) is 65.4 Å². The van der Waals surface area contributed by atoms with Crippen LogP contribution in [0.5, 0.6) is 0 Å². The number of nitrogens with one attached hydrogen (secondary N) is 3. The Balaban J connectivity index is 1.53. The molecule has 1 aliphatic rings. The third kappa shape index (κ3) is 7.72. The first-order valence-electron chi connectivity index (χ1n) is 13.0. The molecule has 8 nitrogen and oxygen atoms in total. The van der Waals surface area contributed by atoms with Crippen molar-refractivity contribution in [1.29, 1.82) is 0 Å². The molecule has 0 bridgehead atoms. The molecule has 2 atom stereocenters. The lowest BCUT2D eigenvalue weighted by molar-refractivity contribution is 0.0830. The summed E-state index contributed by atoms with van der Waals surface area (Å²) in [6, 6.07) is 16.6. The molecule has 3 aromatic rings. The van der Waals surface area contributed by atoms with Crippen molar-refractivity contribution in [1.82, 2.24) is 10.6 Å². The van der Waals surface area contributed by atoms with Gasteiger partial charge in [-0.3, -0.25) is 18.2 Å². The van der Waals surface area contributed by atoms with Crippen LogP contribution >= 0.6 is 22.1 Å². The molecule has 2 aromatic carbocycles. The number of hydrogen-bond donors (Lipinski definition) is 6. The molecule has 1 amide bonds. The van der Waals surface area contributed by atoms with E-state index in [1.165, 1.54) is 0 Å². The highest BCUT2D eigenvalue weighted by atomic mass is 32.3. The third-order valence-corrected chi connectivity index (χ3v) is 9.24. The fourth-order valence-electron chi connectivity index (χ4n) is 4.60. The summed E-state index contributed by atoms with van der Waals surface area (Å²) < 4.78 is 23.0. The van der Waals surface area contributed by atoms with Gasteiger partial charge in [0.15, 0.2) is 0 Å². The molecule has 0 unspecified atom stereocenters. The van der Waals surface area contributed by atoms with Crippen LogP contribution in [0.4, 0.5) is 11.4 Å². The number of anilines is 2. The zero-order valence-electron chi connectivity index (χ0n) is 21.7. The minimum atomic E-state index is -2.93. The number of nitrogens with zero attached hydrogens (tertiary/aromatic N) is 1. The van der Waals surface area contributed by atoms with Gasteiger partial charge in [-0.2, -0.15) is 11.3 Å². The Morgan fingerprint density at radius 1 is 1.11 bits per heavy atom. The zero-order valence-corrected chi connectivity index (χ0v) is 23.3. The molecule has 4 rings (SSSR count). The molecular formula is C28H38N4O4S2. The second-order valence-electron chi connectivity index (χ2n) is 9.54. The quantitative estimate of drug-likeness (QED) is 0.187. The number of amides is 1. The van der Waals surface area contributed by atoms with Gasteiger partial charge in [0.25, 0.3) is 5.91 Å². The largest absolute Gasteiger partial charge is 0.390 e. The maximum Gasteiger partial charge on any atom is 0.251 e. The summed E-state index contributed by atoms with van der Waals surface area (Å²) in [5.74, 6) is 0.00117. The molecule has 1 fully saturated rings. The second kappa shape index (κ2) is 13.5.